The number of dihydropyridines is 1. The molecule has 23 heavy (non-hydrogen) atoms. The normalized spacial score (nSPS) is 23.5. The number of halogens is 2. The van der Waals surface area contributed by atoms with E-state index in [4.69, 9.17) is 4.74 Å². The van der Waals surface area contributed by atoms with Crippen molar-refractivity contribution in [1.82, 2.24) is 5.32 Å². The van der Waals surface area contributed by atoms with Gasteiger partial charge in [-0.05, 0) is 30.5 Å². The van der Waals surface area contributed by atoms with E-state index in [0.29, 0.717) is 35.2 Å². The van der Waals surface area contributed by atoms with Crippen LogP contribution in [0, 0.1) is 11.6 Å². The molecule has 1 aromatic rings. The molecule has 3 aliphatic rings. The quantitative estimate of drug-likeness (QED) is 0.809. The van der Waals surface area contributed by atoms with Gasteiger partial charge in [0.15, 0.2) is 17.4 Å². The van der Waals surface area contributed by atoms with E-state index in [2.05, 4.69) is 5.32 Å². The van der Waals surface area contributed by atoms with Crippen molar-refractivity contribution >= 4 is 11.8 Å². The van der Waals surface area contributed by atoms with Crippen molar-refractivity contribution in [2.24, 2.45) is 0 Å². The SMILES string of the molecule is O=C1CCCC2=C1[C@@H](c1ccc(F)c(F)c1)C1=C(COC1=O)N2. The van der Waals surface area contributed by atoms with Crippen LogP contribution in [-0.2, 0) is 14.3 Å². The van der Waals surface area contributed by atoms with Crippen LogP contribution in [-0.4, -0.2) is 18.4 Å². The minimum Gasteiger partial charge on any atom is -0.456 e. The maximum atomic E-state index is 13.7. The maximum absolute atomic E-state index is 13.7. The zero-order valence-corrected chi connectivity index (χ0v) is 12.1. The molecule has 1 atom stereocenters. The van der Waals surface area contributed by atoms with Crippen LogP contribution in [0.2, 0.25) is 0 Å². The fourth-order valence-electron chi connectivity index (χ4n) is 3.49. The van der Waals surface area contributed by atoms with Crippen molar-refractivity contribution in [3.8, 4) is 0 Å². The molecule has 4 rings (SSSR count). The van der Waals surface area contributed by atoms with E-state index in [1.54, 1.807) is 0 Å². The Kier molecular flexibility index (Phi) is 3.07. The monoisotopic (exact) mass is 317 g/mol. The van der Waals surface area contributed by atoms with E-state index in [0.717, 1.165) is 24.3 Å². The average Bonchev–Trinajstić information content (AvgIpc) is 2.90. The number of hydrogen-bond donors (Lipinski definition) is 1. The third kappa shape index (κ3) is 2.09. The van der Waals surface area contributed by atoms with Gasteiger partial charge in [-0.25, -0.2) is 13.6 Å². The largest absolute Gasteiger partial charge is 0.456 e. The lowest BCUT2D eigenvalue weighted by Gasteiger charge is -2.31. The Bertz CT molecular complexity index is 810. The van der Waals surface area contributed by atoms with Crippen LogP contribution < -0.4 is 5.32 Å². The van der Waals surface area contributed by atoms with Gasteiger partial charge in [0, 0.05) is 23.6 Å². The molecular formula is C17H13F2NO3. The summed E-state index contributed by atoms with van der Waals surface area (Å²) < 4.78 is 32.0. The molecule has 1 N–H and O–H groups in total. The Morgan fingerprint density at radius 2 is 1.87 bits per heavy atom. The second kappa shape index (κ2) is 5.01. The van der Waals surface area contributed by atoms with Crippen molar-refractivity contribution in [2.75, 3.05) is 6.61 Å². The summed E-state index contributed by atoms with van der Waals surface area (Å²) in [5.41, 5.74) is 2.55. The maximum Gasteiger partial charge on any atom is 0.337 e. The van der Waals surface area contributed by atoms with Crippen LogP contribution in [0.5, 0.6) is 0 Å². The molecule has 2 heterocycles. The van der Waals surface area contributed by atoms with Crippen LogP contribution >= 0.6 is 0 Å². The van der Waals surface area contributed by atoms with Gasteiger partial charge in [-0.1, -0.05) is 6.07 Å². The minimum atomic E-state index is -1.00. The number of benzene rings is 1. The number of cyclic esters (lactones) is 1. The molecule has 4 nitrogen and oxygen atoms in total. The Balaban J connectivity index is 1.91. The van der Waals surface area contributed by atoms with Gasteiger partial charge in [-0.15, -0.1) is 0 Å². The molecule has 0 saturated heterocycles. The molecule has 0 fully saturated rings. The molecule has 0 saturated carbocycles. The van der Waals surface area contributed by atoms with Crippen LogP contribution in [0.25, 0.3) is 0 Å². The van der Waals surface area contributed by atoms with E-state index in [-0.39, 0.29) is 12.4 Å². The summed E-state index contributed by atoms with van der Waals surface area (Å²) in [7, 11) is 0. The van der Waals surface area contributed by atoms with Gasteiger partial charge in [0.25, 0.3) is 0 Å². The van der Waals surface area contributed by atoms with Gasteiger partial charge in [0.2, 0.25) is 0 Å². The number of hydrogen-bond acceptors (Lipinski definition) is 4. The molecule has 2 aliphatic heterocycles. The lowest BCUT2D eigenvalue weighted by atomic mass is 9.75. The van der Waals surface area contributed by atoms with E-state index >= 15 is 0 Å². The summed E-state index contributed by atoms with van der Waals surface area (Å²) in [4.78, 5) is 24.5. The molecule has 118 valence electrons. The Labute approximate surface area is 130 Å². The Hall–Kier alpha value is -2.50. The first-order chi connectivity index (χ1) is 11.1. The summed E-state index contributed by atoms with van der Waals surface area (Å²) in [5, 5.41) is 3.13. The van der Waals surface area contributed by atoms with E-state index in [1.165, 1.54) is 6.07 Å². The number of ether oxygens (including phenoxy) is 1. The summed E-state index contributed by atoms with van der Waals surface area (Å²) in [5.74, 6) is -3.25. The number of carbonyl (C=O) groups excluding carboxylic acids is 2. The molecule has 1 aromatic carbocycles. The molecule has 0 spiro atoms. The van der Waals surface area contributed by atoms with E-state index < -0.39 is 23.5 Å². The topological polar surface area (TPSA) is 55.4 Å². The summed E-state index contributed by atoms with van der Waals surface area (Å²) in [6, 6.07) is 3.48. The van der Waals surface area contributed by atoms with Crippen LogP contribution in [0.3, 0.4) is 0 Å². The number of carbonyl (C=O) groups is 2. The predicted octanol–water partition coefficient (Wildman–Crippen LogP) is 2.47. The molecule has 0 radical (unpaired) electrons. The second-order valence-corrected chi connectivity index (χ2v) is 5.87. The van der Waals surface area contributed by atoms with Gasteiger partial charge in [-0.2, -0.15) is 0 Å². The molecular weight excluding hydrogens is 304 g/mol. The fraction of sp³-hybridized carbons (Fsp3) is 0.294. The first-order valence-electron chi connectivity index (χ1n) is 7.44. The second-order valence-electron chi connectivity index (χ2n) is 5.87. The number of rotatable bonds is 1. The van der Waals surface area contributed by atoms with Crippen molar-refractivity contribution in [2.45, 2.75) is 25.2 Å². The Morgan fingerprint density at radius 3 is 2.65 bits per heavy atom. The number of esters is 1. The highest BCUT2D eigenvalue weighted by Gasteiger charge is 2.42. The summed E-state index contributed by atoms with van der Waals surface area (Å²) >= 11 is 0. The van der Waals surface area contributed by atoms with Crippen molar-refractivity contribution in [3.05, 3.63) is 57.9 Å². The molecule has 0 bridgehead atoms. The highest BCUT2D eigenvalue weighted by molar-refractivity contribution is 6.04. The van der Waals surface area contributed by atoms with Gasteiger partial charge in [-0.3, -0.25) is 4.79 Å². The molecule has 0 unspecified atom stereocenters. The van der Waals surface area contributed by atoms with E-state index in [1.807, 2.05) is 0 Å². The summed E-state index contributed by atoms with van der Waals surface area (Å²) in [6.07, 6.45) is 1.80. The number of allylic oxidation sites excluding steroid dienone is 2. The van der Waals surface area contributed by atoms with Crippen molar-refractivity contribution < 1.29 is 23.1 Å². The van der Waals surface area contributed by atoms with Gasteiger partial charge in [0.1, 0.15) is 6.61 Å². The molecule has 6 heteroatoms. The van der Waals surface area contributed by atoms with Crippen LogP contribution in [0.1, 0.15) is 30.7 Å². The number of Topliss-reactive ketones (excluding diaryl/α,β-unsaturated/α-hetero) is 1. The summed E-state index contributed by atoms with van der Waals surface area (Å²) in [6.45, 7) is 0.110. The minimum absolute atomic E-state index is 0.0697. The number of ketones is 1. The predicted molar refractivity (Wildman–Crippen MR) is 76.1 cm³/mol. The lowest BCUT2D eigenvalue weighted by molar-refractivity contribution is -0.136. The first kappa shape index (κ1) is 14.1. The fourth-order valence-corrected chi connectivity index (χ4v) is 3.49. The highest BCUT2D eigenvalue weighted by Crippen LogP contribution is 2.44. The third-order valence-electron chi connectivity index (χ3n) is 4.50. The van der Waals surface area contributed by atoms with Crippen molar-refractivity contribution in [1.29, 1.82) is 0 Å². The smallest absolute Gasteiger partial charge is 0.337 e. The van der Waals surface area contributed by atoms with Crippen molar-refractivity contribution in [3.63, 3.8) is 0 Å². The van der Waals surface area contributed by atoms with E-state index in [9.17, 15) is 18.4 Å². The molecule has 0 aromatic heterocycles. The molecule has 1 aliphatic carbocycles. The van der Waals surface area contributed by atoms with Gasteiger partial charge in [0.05, 0.1) is 11.3 Å². The van der Waals surface area contributed by atoms with Crippen LogP contribution in [0.4, 0.5) is 8.78 Å². The standard InChI is InChI=1S/C17H13F2NO3/c18-9-5-4-8(6-10(9)19)14-15-11(2-1-3-13(15)21)20-12-7-23-17(22)16(12)14/h4-6,14,20H,1-3,7H2/t14-/m1/s1. The average molecular weight is 317 g/mol. The van der Waals surface area contributed by atoms with Crippen LogP contribution in [0.15, 0.2) is 40.7 Å². The third-order valence-corrected chi connectivity index (χ3v) is 4.50. The Morgan fingerprint density at radius 1 is 1.04 bits per heavy atom. The zero-order chi connectivity index (χ0) is 16.1. The number of nitrogens with one attached hydrogen (secondary N) is 1. The van der Waals surface area contributed by atoms with Gasteiger partial charge < -0.3 is 10.1 Å². The first-order valence-corrected chi connectivity index (χ1v) is 7.44. The highest BCUT2D eigenvalue weighted by atomic mass is 19.2. The zero-order valence-electron chi connectivity index (χ0n) is 12.1. The van der Waals surface area contributed by atoms with Gasteiger partial charge >= 0.3 is 5.97 Å². The lowest BCUT2D eigenvalue weighted by Crippen LogP contribution is -2.32. The molecule has 0 amide bonds.